The van der Waals surface area contributed by atoms with Crippen molar-refractivity contribution in [3.8, 4) is 0 Å². The Morgan fingerprint density at radius 3 is 2.00 bits per heavy atom. The Bertz CT molecular complexity index is 56.0. The van der Waals surface area contributed by atoms with Gasteiger partial charge >= 0.3 is 0 Å². The van der Waals surface area contributed by atoms with Gasteiger partial charge in [-0.1, -0.05) is 0 Å². The Kier molecular flexibility index (Phi) is 3.49. The molecule has 0 spiro atoms. The molecule has 0 aliphatic heterocycles. The molecule has 0 amide bonds. The quantitative estimate of drug-likeness (QED) is 0.535. The van der Waals surface area contributed by atoms with Crippen LogP contribution >= 0.6 is 11.8 Å². The van der Waals surface area contributed by atoms with Gasteiger partial charge in [0.2, 0.25) is 0 Å². The van der Waals surface area contributed by atoms with Crippen molar-refractivity contribution in [1.82, 2.24) is 0 Å². The summed E-state index contributed by atoms with van der Waals surface area (Å²) < 4.78 is 5.34. The summed E-state index contributed by atoms with van der Waals surface area (Å²) in [5, 5.41) is 0. The topological polar surface area (TPSA) is 9.23 Å². The number of hydrogen-bond acceptors (Lipinski definition) is 2. The summed E-state index contributed by atoms with van der Waals surface area (Å²) in [6.07, 6.45) is 2.03. The maximum Gasteiger partial charge on any atom is 0.0925 e. The van der Waals surface area contributed by atoms with Crippen LogP contribution in [-0.4, -0.2) is 17.8 Å². The summed E-state index contributed by atoms with van der Waals surface area (Å²) in [6, 6.07) is 0. The molecule has 1 nitrogen and oxygen atoms in total. The van der Waals surface area contributed by atoms with Crippen molar-refractivity contribution >= 4 is 11.8 Å². The molecule has 0 radical (unpaired) electrons. The molecular weight excluding hydrogens is 120 g/mol. The molecule has 0 aliphatic carbocycles. The maximum atomic E-state index is 5.34. The Morgan fingerprint density at radius 2 is 1.88 bits per heavy atom. The fourth-order valence-corrected chi connectivity index (χ4v) is 0.707. The molecule has 0 rings (SSSR count). The second kappa shape index (κ2) is 3.36. The molecule has 0 saturated heterocycles. The Balaban J connectivity index is 3.11. The first-order valence-corrected chi connectivity index (χ1v) is 4.08. The molecule has 0 unspecified atom stereocenters. The molecule has 0 N–H and O–H groups in total. The smallest absolute Gasteiger partial charge is 0.0925 e. The standard InChI is InChI=1S/C6H14OS/c1-6(2,3)7-5-8-4/h5H2,1-4H3. The molecule has 0 saturated carbocycles. The van der Waals surface area contributed by atoms with Gasteiger partial charge in [0.25, 0.3) is 0 Å². The molecule has 0 aromatic carbocycles. The predicted molar refractivity (Wildman–Crippen MR) is 39.2 cm³/mol. The first kappa shape index (κ1) is 8.31. The van der Waals surface area contributed by atoms with E-state index in [9.17, 15) is 0 Å². The van der Waals surface area contributed by atoms with Gasteiger partial charge < -0.3 is 4.74 Å². The van der Waals surface area contributed by atoms with Crippen LogP contribution in [0, 0.1) is 0 Å². The number of thioether (sulfide) groups is 1. The van der Waals surface area contributed by atoms with E-state index in [4.69, 9.17) is 4.74 Å². The van der Waals surface area contributed by atoms with E-state index >= 15 is 0 Å². The first-order valence-electron chi connectivity index (χ1n) is 2.69. The van der Waals surface area contributed by atoms with Crippen LogP contribution < -0.4 is 0 Å². The van der Waals surface area contributed by atoms with Crippen LogP contribution in [0.2, 0.25) is 0 Å². The van der Waals surface area contributed by atoms with Crippen LogP contribution in [0.25, 0.3) is 0 Å². The van der Waals surface area contributed by atoms with Gasteiger partial charge in [0.1, 0.15) is 0 Å². The number of rotatable bonds is 2. The van der Waals surface area contributed by atoms with Crippen molar-refractivity contribution < 1.29 is 4.74 Å². The van der Waals surface area contributed by atoms with Crippen molar-refractivity contribution in [1.29, 1.82) is 0 Å². The van der Waals surface area contributed by atoms with Gasteiger partial charge in [-0.2, -0.15) is 0 Å². The Labute approximate surface area is 55.8 Å². The van der Waals surface area contributed by atoms with Crippen molar-refractivity contribution in [3.05, 3.63) is 0 Å². The predicted octanol–water partition coefficient (Wildman–Crippen LogP) is 2.12. The van der Waals surface area contributed by atoms with E-state index in [1.807, 2.05) is 6.26 Å². The van der Waals surface area contributed by atoms with Crippen LogP contribution in [0.15, 0.2) is 0 Å². The molecule has 8 heavy (non-hydrogen) atoms. The van der Waals surface area contributed by atoms with Crippen molar-refractivity contribution in [2.75, 3.05) is 12.2 Å². The van der Waals surface area contributed by atoms with E-state index in [1.54, 1.807) is 11.8 Å². The molecule has 0 aromatic heterocycles. The third-order valence-corrected chi connectivity index (χ3v) is 0.963. The molecule has 0 heterocycles. The van der Waals surface area contributed by atoms with Crippen LogP contribution in [0.5, 0.6) is 0 Å². The zero-order chi connectivity index (χ0) is 6.62. The summed E-state index contributed by atoms with van der Waals surface area (Å²) in [6.45, 7) is 6.18. The summed E-state index contributed by atoms with van der Waals surface area (Å²) in [4.78, 5) is 0. The van der Waals surface area contributed by atoms with Gasteiger partial charge in [-0.15, -0.1) is 11.8 Å². The van der Waals surface area contributed by atoms with E-state index in [0.717, 1.165) is 5.94 Å². The number of hydrogen-bond donors (Lipinski definition) is 0. The van der Waals surface area contributed by atoms with Crippen LogP contribution in [-0.2, 0) is 4.74 Å². The van der Waals surface area contributed by atoms with E-state index in [2.05, 4.69) is 20.8 Å². The van der Waals surface area contributed by atoms with Crippen LogP contribution in [0.1, 0.15) is 20.8 Å². The third-order valence-electron chi connectivity index (χ3n) is 0.610. The van der Waals surface area contributed by atoms with Gasteiger partial charge in [-0.25, -0.2) is 0 Å². The summed E-state index contributed by atoms with van der Waals surface area (Å²) in [5.41, 5.74) is 0.0308. The second-order valence-electron chi connectivity index (χ2n) is 2.66. The Hall–Kier alpha value is 0.310. The highest BCUT2D eigenvalue weighted by Gasteiger charge is 2.07. The van der Waals surface area contributed by atoms with Gasteiger partial charge in [-0.05, 0) is 27.0 Å². The Morgan fingerprint density at radius 1 is 1.38 bits per heavy atom. The monoisotopic (exact) mass is 134 g/mol. The maximum absolute atomic E-state index is 5.34. The summed E-state index contributed by atoms with van der Waals surface area (Å²) >= 11 is 1.71. The van der Waals surface area contributed by atoms with Gasteiger partial charge in [0.15, 0.2) is 0 Å². The highest BCUT2D eigenvalue weighted by molar-refractivity contribution is 7.98. The van der Waals surface area contributed by atoms with Crippen molar-refractivity contribution in [2.24, 2.45) is 0 Å². The molecule has 2 heteroatoms. The minimum absolute atomic E-state index is 0.0308. The van der Waals surface area contributed by atoms with Crippen molar-refractivity contribution in [3.63, 3.8) is 0 Å². The average Bonchev–Trinajstić information content (AvgIpc) is 1.59. The van der Waals surface area contributed by atoms with Gasteiger partial charge in [0.05, 0.1) is 11.5 Å². The zero-order valence-corrected chi connectivity index (χ0v) is 6.84. The normalized spacial score (nSPS) is 12.0. The second-order valence-corrected chi connectivity index (χ2v) is 3.48. The number of ether oxygens (including phenoxy) is 1. The van der Waals surface area contributed by atoms with Gasteiger partial charge in [0, 0.05) is 0 Å². The highest BCUT2D eigenvalue weighted by Crippen LogP contribution is 2.08. The van der Waals surface area contributed by atoms with E-state index in [1.165, 1.54) is 0 Å². The molecule has 0 aromatic rings. The van der Waals surface area contributed by atoms with E-state index in [0.29, 0.717) is 0 Å². The highest BCUT2D eigenvalue weighted by atomic mass is 32.2. The van der Waals surface area contributed by atoms with E-state index < -0.39 is 0 Å². The fourth-order valence-electron chi connectivity index (χ4n) is 0.236. The van der Waals surface area contributed by atoms with Crippen LogP contribution in [0.3, 0.4) is 0 Å². The summed E-state index contributed by atoms with van der Waals surface area (Å²) in [7, 11) is 0. The van der Waals surface area contributed by atoms with Gasteiger partial charge in [-0.3, -0.25) is 0 Å². The molecular formula is C6H14OS. The lowest BCUT2D eigenvalue weighted by molar-refractivity contribution is 0.0289. The van der Waals surface area contributed by atoms with Crippen LogP contribution in [0.4, 0.5) is 0 Å². The molecule has 0 bridgehead atoms. The first-order chi connectivity index (χ1) is 3.56. The zero-order valence-electron chi connectivity index (χ0n) is 6.02. The SMILES string of the molecule is CSCOC(C)(C)C. The third kappa shape index (κ3) is 6.31. The fraction of sp³-hybridized carbons (Fsp3) is 1.00. The molecule has 0 atom stereocenters. The molecule has 50 valence electrons. The van der Waals surface area contributed by atoms with E-state index in [-0.39, 0.29) is 5.60 Å². The largest absolute Gasteiger partial charge is 0.365 e. The summed E-state index contributed by atoms with van der Waals surface area (Å²) in [5.74, 6) is 0.795. The lowest BCUT2D eigenvalue weighted by Gasteiger charge is -2.17. The minimum Gasteiger partial charge on any atom is -0.365 e. The average molecular weight is 134 g/mol. The lowest BCUT2D eigenvalue weighted by Crippen LogP contribution is -2.18. The minimum atomic E-state index is 0.0308. The van der Waals surface area contributed by atoms with Crippen molar-refractivity contribution in [2.45, 2.75) is 26.4 Å². The lowest BCUT2D eigenvalue weighted by atomic mass is 10.2. The molecule has 0 fully saturated rings. The molecule has 0 aliphatic rings.